The van der Waals surface area contributed by atoms with Gasteiger partial charge in [-0.15, -0.1) is 0 Å². The summed E-state index contributed by atoms with van der Waals surface area (Å²) in [6, 6.07) is 12.3. The molecule has 1 aromatic heterocycles. The van der Waals surface area contributed by atoms with Crippen molar-refractivity contribution in [1.82, 2.24) is 0 Å². The van der Waals surface area contributed by atoms with Gasteiger partial charge in [-0.25, -0.2) is 4.79 Å². The lowest BCUT2D eigenvalue weighted by Gasteiger charge is -2.39. The second-order valence-electron chi connectivity index (χ2n) is 10.0. The number of aliphatic hydroxyl groups is 3. The molecule has 0 bridgehead atoms. The first-order valence-corrected chi connectivity index (χ1v) is 13.5. The molecule has 15 nitrogen and oxygen atoms in total. The van der Waals surface area contributed by atoms with Crippen LogP contribution in [0.3, 0.4) is 0 Å². The fourth-order valence-corrected chi connectivity index (χ4v) is 4.60. The molecule has 3 aromatic carbocycles. The van der Waals surface area contributed by atoms with Crippen LogP contribution in [0.25, 0.3) is 28.4 Å². The number of carbonyl (C=O) groups excluding carboxylic acids is 1. The number of hydrogen-bond acceptors (Lipinski definition) is 15. The minimum atomic E-state index is -1.94. The number of carbonyl (C=O) groups is 1. The molecule has 15 heteroatoms. The van der Waals surface area contributed by atoms with Crippen LogP contribution in [-0.2, 0) is 19.3 Å². The average molecular weight is 641 g/mol. The van der Waals surface area contributed by atoms with Gasteiger partial charge in [-0.1, -0.05) is 12.1 Å². The average Bonchev–Trinajstić information content (AvgIpc) is 3.03. The Bertz CT molecular complexity index is 1800. The van der Waals surface area contributed by atoms with E-state index in [0.717, 1.165) is 19.3 Å². The van der Waals surface area contributed by atoms with Crippen molar-refractivity contribution >= 4 is 23.0 Å². The number of benzene rings is 3. The number of ether oxygens (including phenoxy) is 3. The molecule has 0 unspecified atom stereocenters. The fraction of sp³-hybridized carbons (Fsp3) is 0.226. The number of hydrogen-bond donors (Lipinski definition) is 7. The van der Waals surface area contributed by atoms with Gasteiger partial charge in [0.05, 0.1) is 7.11 Å². The highest BCUT2D eigenvalue weighted by Gasteiger charge is 2.46. The Kier molecular flexibility index (Phi) is 9.31. The van der Waals surface area contributed by atoms with Crippen molar-refractivity contribution in [2.75, 3.05) is 13.7 Å². The van der Waals surface area contributed by atoms with Crippen molar-refractivity contribution in [2.45, 2.75) is 30.7 Å². The van der Waals surface area contributed by atoms with Crippen LogP contribution in [0.2, 0.25) is 0 Å². The summed E-state index contributed by atoms with van der Waals surface area (Å²) in [6.07, 6.45) is -6.50. The minimum Gasteiger partial charge on any atom is -0.508 e. The largest absolute Gasteiger partial charge is 0.508 e. The molecule has 0 amide bonds. The molecule has 5 rings (SSSR count). The Labute approximate surface area is 258 Å². The van der Waals surface area contributed by atoms with E-state index in [-0.39, 0.29) is 28.4 Å². The topological polar surface area (TPSA) is 235 Å². The van der Waals surface area contributed by atoms with Crippen LogP contribution >= 0.6 is 0 Å². The molecule has 4 aromatic rings. The van der Waals surface area contributed by atoms with Crippen LogP contribution in [0.4, 0.5) is 0 Å². The van der Waals surface area contributed by atoms with Gasteiger partial charge in [0.15, 0.2) is 17.3 Å². The maximum absolute atomic E-state index is 13.7. The first-order valence-electron chi connectivity index (χ1n) is 13.5. The molecule has 2 heterocycles. The quantitative estimate of drug-likeness (QED) is 0.0783. The first-order chi connectivity index (χ1) is 22.0. The summed E-state index contributed by atoms with van der Waals surface area (Å²) in [5.41, 5.74) is -0.519. The monoisotopic (exact) mass is 640 g/mol. The van der Waals surface area contributed by atoms with Gasteiger partial charge in [-0.05, 0) is 48.0 Å². The molecule has 0 spiro atoms. The summed E-state index contributed by atoms with van der Waals surface area (Å²) in [6.45, 7) is -0.655. The lowest BCUT2D eigenvalue weighted by Crippen LogP contribution is -2.60. The van der Waals surface area contributed by atoms with Gasteiger partial charge in [-0.2, -0.15) is 4.89 Å². The molecule has 242 valence electrons. The lowest BCUT2D eigenvalue weighted by molar-refractivity contribution is -0.322. The van der Waals surface area contributed by atoms with E-state index in [2.05, 4.69) is 4.89 Å². The molecule has 7 N–H and O–H groups in total. The predicted molar refractivity (Wildman–Crippen MR) is 156 cm³/mol. The highest BCUT2D eigenvalue weighted by atomic mass is 17.2. The van der Waals surface area contributed by atoms with Crippen LogP contribution < -0.4 is 14.9 Å². The summed E-state index contributed by atoms with van der Waals surface area (Å²) >= 11 is 0. The maximum Gasteiger partial charge on any atom is 0.365 e. The van der Waals surface area contributed by atoms with Gasteiger partial charge in [0.25, 0.3) is 0 Å². The van der Waals surface area contributed by atoms with E-state index in [1.165, 1.54) is 42.5 Å². The van der Waals surface area contributed by atoms with Crippen molar-refractivity contribution in [3.8, 4) is 45.8 Å². The molecule has 0 aliphatic carbocycles. The van der Waals surface area contributed by atoms with Gasteiger partial charge in [0.2, 0.25) is 23.2 Å². The van der Waals surface area contributed by atoms with Gasteiger partial charge in [-0.3, -0.25) is 9.68 Å². The van der Waals surface area contributed by atoms with E-state index in [0.29, 0.717) is 5.56 Å². The number of fused-ring (bicyclic) bond motifs is 1. The van der Waals surface area contributed by atoms with Crippen molar-refractivity contribution < 1.29 is 68.9 Å². The van der Waals surface area contributed by atoms with Crippen molar-refractivity contribution in [1.29, 1.82) is 0 Å². The number of methoxy groups -OCH3 is 1. The zero-order valence-corrected chi connectivity index (χ0v) is 23.8. The standard InChI is InChI=1S/C31H28O15/c1-41-29-18(34)12-19-22(24(29)37)25(38)30(28(43-19)15-5-9-17(33)10-6-15)45-31-27(40)26(39)23(36)20(44-31)13-42-46-21(35)11-4-14-2-7-16(32)8-3-14/h2-12,20,23,26-27,31-34,36-37,39-40H,13H2,1H3/b11-4+/t20-,23-,26+,27-,31+/m1/s1. The molecule has 46 heavy (non-hydrogen) atoms. The highest BCUT2D eigenvalue weighted by Crippen LogP contribution is 2.43. The van der Waals surface area contributed by atoms with Crippen molar-refractivity contribution in [2.24, 2.45) is 0 Å². The molecule has 1 aliphatic rings. The molecular weight excluding hydrogens is 612 g/mol. The Morgan fingerprint density at radius 3 is 2.20 bits per heavy atom. The van der Waals surface area contributed by atoms with Crippen LogP contribution in [0.5, 0.6) is 34.5 Å². The molecule has 1 fully saturated rings. The molecule has 0 saturated carbocycles. The second-order valence-corrected chi connectivity index (χ2v) is 10.0. The normalized spacial score (nSPS) is 21.3. The van der Waals surface area contributed by atoms with Gasteiger partial charge in [0.1, 0.15) is 53.5 Å². The number of phenolic OH excluding ortho intramolecular Hbond substituents is 4. The summed E-state index contributed by atoms with van der Waals surface area (Å²) in [5, 5.41) is 71.3. The van der Waals surface area contributed by atoms with Gasteiger partial charge in [0, 0.05) is 17.7 Å². The zero-order chi connectivity index (χ0) is 33.1. The summed E-state index contributed by atoms with van der Waals surface area (Å²) < 4.78 is 22.1. The first kappa shape index (κ1) is 32.1. The Morgan fingerprint density at radius 2 is 1.54 bits per heavy atom. The van der Waals surface area contributed by atoms with E-state index in [9.17, 15) is 45.3 Å². The summed E-state index contributed by atoms with van der Waals surface area (Å²) in [4.78, 5) is 35.3. The van der Waals surface area contributed by atoms with E-state index in [1.54, 1.807) is 12.1 Å². The second kappa shape index (κ2) is 13.4. The van der Waals surface area contributed by atoms with E-state index < -0.39 is 77.1 Å². The third-order valence-electron chi connectivity index (χ3n) is 6.96. The van der Waals surface area contributed by atoms with Crippen LogP contribution in [-0.4, -0.2) is 86.1 Å². The van der Waals surface area contributed by atoms with Crippen molar-refractivity contribution in [3.63, 3.8) is 0 Å². The summed E-state index contributed by atoms with van der Waals surface area (Å²) in [7, 11) is 1.15. The Balaban J connectivity index is 1.40. The Hall–Kier alpha value is -5.32. The molecular formula is C31H28O15. The van der Waals surface area contributed by atoms with Crippen LogP contribution in [0.15, 0.2) is 69.9 Å². The van der Waals surface area contributed by atoms with E-state index in [4.69, 9.17) is 23.5 Å². The molecule has 5 atom stereocenters. The number of aromatic hydroxyl groups is 4. The van der Waals surface area contributed by atoms with Crippen LogP contribution in [0.1, 0.15) is 5.56 Å². The predicted octanol–water partition coefficient (Wildman–Crippen LogP) is 1.67. The Morgan fingerprint density at radius 1 is 0.891 bits per heavy atom. The van der Waals surface area contributed by atoms with E-state index in [1.807, 2.05) is 0 Å². The van der Waals surface area contributed by atoms with Crippen LogP contribution in [0, 0.1) is 0 Å². The maximum atomic E-state index is 13.7. The SMILES string of the molecule is COc1c(O)cc2oc(-c3ccc(O)cc3)c(O[C@@H]3O[C@H](COOC(=O)/C=C/c4ccc(O)cc4)[C@@H](O)[C@H](O)[C@H]3O)c(=O)c2c1O. The minimum absolute atomic E-state index is 0.0421. The fourth-order valence-electron chi connectivity index (χ4n) is 4.60. The molecule has 0 radical (unpaired) electrons. The lowest BCUT2D eigenvalue weighted by atomic mass is 9.99. The molecule has 1 aliphatic heterocycles. The third-order valence-corrected chi connectivity index (χ3v) is 6.96. The van der Waals surface area contributed by atoms with Gasteiger partial charge >= 0.3 is 5.97 Å². The number of rotatable bonds is 9. The summed E-state index contributed by atoms with van der Waals surface area (Å²) in [5.74, 6) is -3.66. The number of phenols is 4. The third kappa shape index (κ3) is 6.53. The highest BCUT2D eigenvalue weighted by molar-refractivity contribution is 5.91. The van der Waals surface area contributed by atoms with Gasteiger partial charge < -0.3 is 54.4 Å². The van der Waals surface area contributed by atoms with E-state index >= 15 is 0 Å². The van der Waals surface area contributed by atoms with Crippen molar-refractivity contribution in [3.05, 3.63) is 76.5 Å². The zero-order valence-electron chi connectivity index (χ0n) is 23.8. The molecule has 1 saturated heterocycles. The smallest absolute Gasteiger partial charge is 0.365 e. The number of aliphatic hydroxyl groups excluding tert-OH is 3.